The first kappa shape index (κ1) is 13.4. The SMILES string of the molecule is CSc1cccc(NC(=O)[C@H]2CCN[C@@H](C)C2)c1. The van der Waals surface area contributed by atoms with Crippen molar-refractivity contribution in [1.29, 1.82) is 0 Å². The number of hydrogen-bond acceptors (Lipinski definition) is 3. The second-order valence-corrected chi connectivity index (χ2v) is 5.68. The Morgan fingerprint density at radius 1 is 1.50 bits per heavy atom. The molecular formula is C14H20N2OS. The maximum atomic E-state index is 12.2. The number of hydrogen-bond donors (Lipinski definition) is 2. The minimum atomic E-state index is 0.138. The maximum Gasteiger partial charge on any atom is 0.227 e. The number of amides is 1. The van der Waals surface area contributed by atoms with Crippen LogP contribution < -0.4 is 10.6 Å². The average Bonchev–Trinajstić information content (AvgIpc) is 2.39. The van der Waals surface area contributed by atoms with Gasteiger partial charge in [-0.3, -0.25) is 4.79 Å². The summed E-state index contributed by atoms with van der Waals surface area (Å²) < 4.78 is 0. The Morgan fingerprint density at radius 2 is 2.33 bits per heavy atom. The highest BCUT2D eigenvalue weighted by atomic mass is 32.2. The first-order chi connectivity index (χ1) is 8.69. The van der Waals surface area contributed by atoms with Crippen LogP contribution in [0.3, 0.4) is 0 Å². The molecule has 0 bridgehead atoms. The van der Waals surface area contributed by atoms with Crippen LogP contribution in [0.25, 0.3) is 0 Å². The van der Waals surface area contributed by atoms with Gasteiger partial charge in [0.05, 0.1) is 0 Å². The first-order valence-electron chi connectivity index (χ1n) is 6.37. The summed E-state index contributed by atoms with van der Waals surface area (Å²) in [4.78, 5) is 13.3. The molecular weight excluding hydrogens is 244 g/mol. The van der Waals surface area contributed by atoms with Crippen molar-refractivity contribution in [3.8, 4) is 0 Å². The maximum absolute atomic E-state index is 12.2. The second kappa shape index (κ2) is 6.25. The molecule has 1 aromatic carbocycles. The molecule has 1 aliphatic heterocycles. The lowest BCUT2D eigenvalue weighted by Gasteiger charge is -2.27. The van der Waals surface area contributed by atoms with Gasteiger partial charge < -0.3 is 10.6 Å². The summed E-state index contributed by atoms with van der Waals surface area (Å²) in [6.07, 6.45) is 3.89. The molecule has 0 unspecified atom stereocenters. The lowest BCUT2D eigenvalue weighted by molar-refractivity contribution is -0.120. The third-order valence-electron chi connectivity index (χ3n) is 3.33. The van der Waals surface area contributed by atoms with E-state index < -0.39 is 0 Å². The van der Waals surface area contributed by atoms with Crippen molar-refractivity contribution in [3.05, 3.63) is 24.3 Å². The van der Waals surface area contributed by atoms with E-state index in [2.05, 4.69) is 17.6 Å². The van der Waals surface area contributed by atoms with Crippen LogP contribution in [-0.4, -0.2) is 24.7 Å². The third kappa shape index (κ3) is 3.50. The van der Waals surface area contributed by atoms with Crippen LogP contribution in [0.15, 0.2) is 29.2 Å². The highest BCUT2D eigenvalue weighted by Crippen LogP contribution is 2.22. The molecule has 18 heavy (non-hydrogen) atoms. The molecule has 1 aromatic rings. The van der Waals surface area contributed by atoms with E-state index in [1.54, 1.807) is 11.8 Å². The van der Waals surface area contributed by atoms with E-state index >= 15 is 0 Å². The fourth-order valence-electron chi connectivity index (χ4n) is 2.32. The summed E-state index contributed by atoms with van der Waals surface area (Å²) in [6.45, 7) is 3.07. The van der Waals surface area contributed by atoms with Crippen LogP contribution in [0.5, 0.6) is 0 Å². The summed E-state index contributed by atoms with van der Waals surface area (Å²) in [5.41, 5.74) is 0.901. The number of thioether (sulfide) groups is 1. The Bertz CT molecular complexity index is 422. The predicted molar refractivity (Wildman–Crippen MR) is 77.0 cm³/mol. The van der Waals surface area contributed by atoms with E-state index in [9.17, 15) is 4.79 Å². The number of piperidine rings is 1. The number of anilines is 1. The number of nitrogens with one attached hydrogen (secondary N) is 2. The number of rotatable bonds is 3. The third-order valence-corrected chi connectivity index (χ3v) is 4.06. The summed E-state index contributed by atoms with van der Waals surface area (Å²) >= 11 is 1.68. The molecule has 0 radical (unpaired) electrons. The first-order valence-corrected chi connectivity index (χ1v) is 7.60. The molecule has 98 valence electrons. The van der Waals surface area contributed by atoms with Crippen molar-refractivity contribution in [1.82, 2.24) is 5.32 Å². The standard InChI is InChI=1S/C14H20N2OS/c1-10-8-11(6-7-15-10)14(17)16-12-4-3-5-13(9-12)18-2/h3-5,9-11,15H,6-8H2,1-2H3,(H,16,17)/t10-,11-/m0/s1. The van der Waals surface area contributed by atoms with E-state index in [1.165, 1.54) is 4.90 Å². The molecule has 2 atom stereocenters. The van der Waals surface area contributed by atoms with Crippen molar-refractivity contribution < 1.29 is 4.79 Å². The van der Waals surface area contributed by atoms with Crippen molar-refractivity contribution >= 4 is 23.4 Å². The Hall–Kier alpha value is -1.00. The average molecular weight is 264 g/mol. The zero-order valence-electron chi connectivity index (χ0n) is 10.9. The summed E-state index contributed by atoms with van der Waals surface area (Å²) in [5, 5.41) is 6.39. The Balaban J connectivity index is 1.97. The largest absolute Gasteiger partial charge is 0.326 e. The molecule has 0 spiro atoms. The van der Waals surface area contributed by atoms with Crippen LogP contribution in [0.2, 0.25) is 0 Å². The van der Waals surface area contributed by atoms with E-state index in [0.29, 0.717) is 6.04 Å². The summed E-state index contributed by atoms with van der Waals surface area (Å²) in [6, 6.07) is 8.43. The molecule has 2 N–H and O–H groups in total. The normalized spacial score (nSPS) is 23.7. The van der Waals surface area contributed by atoms with Gasteiger partial charge in [0, 0.05) is 22.5 Å². The lowest BCUT2D eigenvalue weighted by atomic mass is 9.92. The Kier molecular flexibility index (Phi) is 4.66. The fraction of sp³-hybridized carbons (Fsp3) is 0.500. The molecule has 1 heterocycles. The summed E-state index contributed by atoms with van der Waals surface area (Å²) in [5.74, 6) is 0.292. The van der Waals surface area contributed by atoms with Crippen LogP contribution in [-0.2, 0) is 4.79 Å². The molecule has 1 saturated heterocycles. The van der Waals surface area contributed by atoms with E-state index in [0.717, 1.165) is 25.1 Å². The number of benzene rings is 1. The molecule has 3 nitrogen and oxygen atoms in total. The topological polar surface area (TPSA) is 41.1 Å². The van der Waals surface area contributed by atoms with Crippen molar-refractivity contribution in [2.45, 2.75) is 30.7 Å². The van der Waals surface area contributed by atoms with Gasteiger partial charge >= 0.3 is 0 Å². The van der Waals surface area contributed by atoms with Gasteiger partial charge in [0.1, 0.15) is 0 Å². The molecule has 4 heteroatoms. The highest BCUT2D eigenvalue weighted by Gasteiger charge is 2.24. The number of carbonyl (C=O) groups is 1. The fourth-order valence-corrected chi connectivity index (χ4v) is 2.77. The molecule has 0 saturated carbocycles. The van der Waals surface area contributed by atoms with Gasteiger partial charge in [0.25, 0.3) is 0 Å². The van der Waals surface area contributed by atoms with Gasteiger partial charge in [-0.15, -0.1) is 11.8 Å². The monoisotopic (exact) mass is 264 g/mol. The van der Waals surface area contributed by atoms with Gasteiger partial charge in [-0.1, -0.05) is 6.07 Å². The van der Waals surface area contributed by atoms with E-state index in [4.69, 9.17) is 0 Å². The Labute approximate surface area is 113 Å². The van der Waals surface area contributed by atoms with Crippen molar-refractivity contribution in [2.75, 3.05) is 18.1 Å². The zero-order chi connectivity index (χ0) is 13.0. The minimum Gasteiger partial charge on any atom is -0.326 e. The van der Waals surface area contributed by atoms with E-state index in [1.807, 2.05) is 30.5 Å². The van der Waals surface area contributed by atoms with E-state index in [-0.39, 0.29) is 11.8 Å². The van der Waals surface area contributed by atoms with Gasteiger partial charge in [-0.25, -0.2) is 0 Å². The highest BCUT2D eigenvalue weighted by molar-refractivity contribution is 7.98. The van der Waals surface area contributed by atoms with Gasteiger partial charge in [-0.05, 0) is 50.8 Å². The van der Waals surface area contributed by atoms with Crippen molar-refractivity contribution in [2.24, 2.45) is 5.92 Å². The lowest BCUT2D eigenvalue weighted by Crippen LogP contribution is -2.40. The quantitative estimate of drug-likeness (QED) is 0.825. The smallest absolute Gasteiger partial charge is 0.227 e. The van der Waals surface area contributed by atoms with Gasteiger partial charge in [0.15, 0.2) is 0 Å². The Morgan fingerprint density at radius 3 is 3.06 bits per heavy atom. The second-order valence-electron chi connectivity index (χ2n) is 4.80. The van der Waals surface area contributed by atoms with Gasteiger partial charge in [-0.2, -0.15) is 0 Å². The van der Waals surface area contributed by atoms with Crippen LogP contribution in [0.1, 0.15) is 19.8 Å². The molecule has 0 aliphatic carbocycles. The molecule has 1 amide bonds. The van der Waals surface area contributed by atoms with Crippen LogP contribution in [0, 0.1) is 5.92 Å². The van der Waals surface area contributed by atoms with Crippen molar-refractivity contribution in [3.63, 3.8) is 0 Å². The zero-order valence-corrected chi connectivity index (χ0v) is 11.7. The predicted octanol–water partition coefficient (Wildman–Crippen LogP) is 2.74. The number of carbonyl (C=O) groups excluding carboxylic acids is 1. The molecule has 1 aliphatic rings. The molecule has 2 rings (SSSR count). The summed E-state index contributed by atoms with van der Waals surface area (Å²) in [7, 11) is 0. The molecule has 0 aromatic heterocycles. The van der Waals surface area contributed by atoms with Gasteiger partial charge in [0.2, 0.25) is 5.91 Å². The van der Waals surface area contributed by atoms with Crippen LogP contribution in [0.4, 0.5) is 5.69 Å². The minimum absolute atomic E-state index is 0.138. The van der Waals surface area contributed by atoms with Crippen LogP contribution >= 0.6 is 11.8 Å². The molecule has 1 fully saturated rings.